The van der Waals surface area contributed by atoms with Gasteiger partial charge in [0.25, 0.3) is 5.91 Å². The molecule has 0 saturated heterocycles. The molecule has 0 unspecified atom stereocenters. The number of rotatable bonds is 5. The molecule has 7 nitrogen and oxygen atoms in total. The van der Waals surface area contributed by atoms with E-state index in [0.29, 0.717) is 29.7 Å². The van der Waals surface area contributed by atoms with Gasteiger partial charge in [0.05, 0.1) is 6.20 Å². The molecule has 0 atom stereocenters. The molecule has 1 saturated carbocycles. The van der Waals surface area contributed by atoms with E-state index in [0.717, 1.165) is 24.0 Å². The molecule has 1 aliphatic rings. The van der Waals surface area contributed by atoms with Crippen LogP contribution in [0.4, 0.5) is 0 Å². The van der Waals surface area contributed by atoms with E-state index < -0.39 is 0 Å². The first-order valence-corrected chi connectivity index (χ1v) is 8.27. The van der Waals surface area contributed by atoms with Crippen molar-refractivity contribution in [2.45, 2.75) is 25.3 Å². The molecule has 7 heteroatoms. The molecule has 1 aromatic carbocycles. The van der Waals surface area contributed by atoms with Crippen LogP contribution in [-0.4, -0.2) is 37.8 Å². The van der Waals surface area contributed by atoms with Crippen molar-refractivity contribution in [2.24, 2.45) is 7.05 Å². The number of aryl methyl sites for hydroxylation is 1. The van der Waals surface area contributed by atoms with E-state index in [1.165, 1.54) is 0 Å². The Morgan fingerprint density at radius 1 is 1.40 bits per heavy atom. The molecule has 4 rings (SSSR count). The zero-order valence-corrected chi connectivity index (χ0v) is 14.2. The summed E-state index contributed by atoms with van der Waals surface area (Å²) in [5.74, 6) is 1.58. The fourth-order valence-corrected chi connectivity index (χ4v) is 2.76. The van der Waals surface area contributed by atoms with Gasteiger partial charge >= 0.3 is 0 Å². The lowest BCUT2D eigenvalue weighted by Crippen LogP contribution is -2.26. The van der Waals surface area contributed by atoms with E-state index in [1.807, 2.05) is 31.4 Å². The Hall–Kier alpha value is -2.96. The molecular formula is C18H19N5O2. The largest absolute Gasteiger partial charge is 0.339 e. The molecule has 25 heavy (non-hydrogen) atoms. The minimum absolute atomic E-state index is 0.0587. The molecule has 0 bridgehead atoms. The highest BCUT2D eigenvalue weighted by molar-refractivity contribution is 5.95. The maximum Gasteiger partial charge on any atom is 0.253 e. The summed E-state index contributed by atoms with van der Waals surface area (Å²) in [6.07, 6.45) is 5.89. The van der Waals surface area contributed by atoms with Crippen LogP contribution in [0.2, 0.25) is 0 Å². The molecule has 2 aromatic heterocycles. The van der Waals surface area contributed by atoms with E-state index in [2.05, 4.69) is 15.2 Å². The summed E-state index contributed by atoms with van der Waals surface area (Å²) in [6, 6.07) is 7.34. The van der Waals surface area contributed by atoms with Gasteiger partial charge in [-0.15, -0.1) is 0 Å². The van der Waals surface area contributed by atoms with Crippen molar-refractivity contribution in [2.75, 3.05) is 7.05 Å². The zero-order valence-electron chi connectivity index (χ0n) is 14.2. The zero-order chi connectivity index (χ0) is 17.4. The van der Waals surface area contributed by atoms with Gasteiger partial charge in [-0.3, -0.25) is 9.48 Å². The van der Waals surface area contributed by atoms with E-state index in [4.69, 9.17) is 4.52 Å². The van der Waals surface area contributed by atoms with Gasteiger partial charge in [-0.2, -0.15) is 10.1 Å². The molecule has 0 spiro atoms. The average molecular weight is 337 g/mol. The van der Waals surface area contributed by atoms with Gasteiger partial charge in [0.15, 0.2) is 0 Å². The molecule has 1 aliphatic carbocycles. The van der Waals surface area contributed by atoms with Crippen LogP contribution >= 0.6 is 0 Å². The fourth-order valence-electron chi connectivity index (χ4n) is 2.76. The summed E-state index contributed by atoms with van der Waals surface area (Å²) in [5.41, 5.74) is 2.37. The van der Waals surface area contributed by atoms with Crippen molar-refractivity contribution in [3.05, 3.63) is 53.7 Å². The molecule has 1 amide bonds. The maximum absolute atomic E-state index is 12.7. The Balaban J connectivity index is 1.52. The summed E-state index contributed by atoms with van der Waals surface area (Å²) in [5, 5.41) is 8.17. The number of carbonyl (C=O) groups excluding carboxylic acids is 1. The normalized spacial score (nSPS) is 13.8. The molecule has 0 N–H and O–H groups in total. The van der Waals surface area contributed by atoms with Crippen molar-refractivity contribution >= 4 is 5.91 Å². The van der Waals surface area contributed by atoms with E-state index in [9.17, 15) is 4.79 Å². The van der Waals surface area contributed by atoms with Crippen LogP contribution in [0.25, 0.3) is 11.4 Å². The number of amides is 1. The minimum atomic E-state index is -0.0587. The third kappa shape index (κ3) is 3.31. The van der Waals surface area contributed by atoms with Crippen LogP contribution in [0.1, 0.15) is 40.6 Å². The molecule has 128 valence electrons. The van der Waals surface area contributed by atoms with Gasteiger partial charge in [-0.05, 0) is 25.0 Å². The lowest BCUT2D eigenvalue weighted by atomic mass is 10.1. The second-order valence-corrected chi connectivity index (χ2v) is 6.49. The summed E-state index contributed by atoms with van der Waals surface area (Å²) in [6.45, 7) is 0.505. The monoisotopic (exact) mass is 337 g/mol. The topological polar surface area (TPSA) is 77.0 Å². The van der Waals surface area contributed by atoms with Crippen molar-refractivity contribution < 1.29 is 9.32 Å². The predicted molar refractivity (Wildman–Crippen MR) is 90.7 cm³/mol. The quantitative estimate of drug-likeness (QED) is 0.715. The first kappa shape index (κ1) is 15.6. The van der Waals surface area contributed by atoms with Crippen molar-refractivity contribution in [1.29, 1.82) is 0 Å². The van der Waals surface area contributed by atoms with Gasteiger partial charge in [0.1, 0.15) is 0 Å². The van der Waals surface area contributed by atoms with Crippen molar-refractivity contribution in [3.63, 3.8) is 0 Å². The number of benzene rings is 1. The number of hydrogen-bond donors (Lipinski definition) is 0. The second kappa shape index (κ2) is 6.16. The standard InChI is InChI=1S/C18H19N5O2/c1-22(10-12-9-19-23(2)11-12)18(24)15-5-3-4-14(8-15)16-20-17(25-21-16)13-6-7-13/h3-5,8-9,11,13H,6-7,10H2,1-2H3. The molecular weight excluding hydrogens is 318 g/mol. The van der Waals surface area contributed by atoms with E-state index >= 15 is 0 Å². The van der Waals surface area contributed by atoms with Crippen molar-refractivity contribution in [3.8, 4) is 11.4 Å². The first-order valence-electron chi connectivity index (χ1n) is 8.27. The minimum Gasteiger partial charge on any atom is -0.339 e. The first-order chi connectivity index (χ1) is 12.1. The predicted octanol–water partition coefficient (Wildman–Crippen LogP) is 2.62. The van der Waals surface area contributed by atoms with E-state index in [1.54, 1.807) is 28.9 Å². The molecule has 1 fully saturated rings. The smallest absolute Gasteiger partial charge is 0.253 e. The molecule has 0 aliphatic heterocycles. The molecule has 3 aromatic rings. The lowest BCUT2D eigenvalue weighted by molar-refractivity contribution is 0.0785. The summed E-state index contributed by atoms with van der Waals surface area (Å²) in [4.78, 5) is 18.8. The lowest BCUT2D eigenvalue weighted by Gasteiger charge is -2.16. The van der Waals surface area contributed by atoms with E-state index in [-0.39, 0.29) is 5.91 Å². The van der Waals surface area contributed by atoms with Crippen LogP contribution in [0.5, 0.6) is 0 Å². The van der Waals surface area contributed by atoms with Gasteiger partial charge < -0.3 is 9.42 Å². The third-order valence-corrected chi connectivity index (χ3v) is 4.26. The van der Waals surface area contributed by atoms with Crippen LogP contribution in [0, 0.1) is 0 Å². The Morgan fingerprint density at radius 3 is 2.96 bits per heavy atom. The second-order valence-electron chi connectivity index (χ2n) is 6.49. The molecule has 0 radical (unpaired) electrons. The Morgan fingerprint density at radius 2 is 2.24 bits per heavy atom. The van der Waals surface area contributed by atoms with Crippen LogP contribution in [0.15, 0.2) is 41.2 Å². The Labute approximate surface area is 145 Å². The third-order valence-electron chi connectivity index (χ3n) is 4.26. The average Bonchev–Trinajstić information content (AvgIpc) is 3.21. The van der Waals surface area contributed by atoms with Gasteiger partial charge in [-0.25, -0.2) is 0 Å². The van der Waals surface area contributed by atoms with Gasteiger partial charge in [0.2, 0.25) is 11.7 Å². The Kier molecular flexibility index (Phi) is 3.83. The number of aromatic nitrogens is 4. The Bertz CT molecular complexity index is 910. The number of hydrogen-bond acceptors (Lipinski definition) is 5. The van der Waals surface area contributed by atoms with Crippen molar-refractivity contribution in [1.82, 2.24) is 24.8 Å². The van der Waals surface area contributed by atoms with Crippen LogP contribution in [-0.2, 0) is 13.6 Å². The SMILES string of the molecule is CN(Cc1cnn(C)c1)C(=O)c1cccc(-c2noc(C3CC3)n2)c1. The molecule has 2 heterocycles. The van der Waals surface area contributed by atoms with Crippen LogP contribution in [0.3, 0.4) is 0 Å². The summed E-state index contributed by atoms with van der Waals surface area (Å²) in [7, 11) is 3.64. The fraction of sp³-hybridized carbons (Fsp3) is 0.333. The maximum atomic E-state index is 12.7. The highest BCUT2D eigenvalue weighted by atomic mass is 16.5. The summed E-state index contributed by atoms with van der Waals surface area (Å²) >= 11 is 0. The number of carbonyl (C=O) groups is 1. The number of nitrogens with zero attached hydrogens (tertiary/aromatic N) is 5. The van der Waals surface area contributed by atoms with Gasteiger partial charge in [-0.1, -0.05) is 17.3 Å². The summed E-state index contributed by atoms with van der Waals surface area (Å²) < 4.78 is 7.03. The van der Waals surface area contributed by atoms with Gasteiger partial charge in [0, 0.05) is 49.4 Å². The van der Waals surface area contributed by atoms with Crippen LogP contribution < -0.4 is 0 Å². The highest BCUT2D eigenvalue weighted by Gasteiger charge is 2.29. The highest BCUT2D eigenvalue weighted by Crippen LogP contribution is 2.39.